The van der Waals surface area contributed by atoms with Crippen molar-refractivity contribution >= 4 is 16.8 Å². The molecule has 0 saturated heterocycles. The summed E-state index contributed by atoms with van der Waals surface area (Å²) in [7, 11) is 0. The van der Waals surface area contributed by atoms with E-state index < -0.39 is 0 Å². The minimum atomic E-state index is 0.0165. The normalized spacial score (nSPS) is 11.0. The van der Waals surface area contributed by atoms with Crippen LogP contribution >= 0.6 is 0 Å². The van der Waals surface area contributed by atoms with Crippen LogP contribution in [0.15, 0.2) is 91.0 Å². The smallest absolute Gasteiger partial charge is 0.193 e. The molecule has 0 unspecified atom stereocenters. The Bertz CT molecular complexity index is 1350. The quantitative estimate of drug-likeness (QED) is 0.362. The molecule has 1 N–H and O–H groups in total. The summed E-state index contributed by atoms with van der Waals surface area (Å²) < 4.78 is 0. The minimum absolute atomic E-state index is 0.0165. The highest BCUT2D eigenvalue weighted by Crippen LogP contribution is 2.28. The van der Waals surface area contributed by atoms with Gasteiger partial charge in [-0.05, 0) is 24.1 Å². The lowest BCUT2D eigenvalue weighted by Crippen LogP contribution is -2.00. The van der Waals surface area contributed by atoms with Gasteiger partial charge in [0.15, 0.2) is 11.4 Å². The Morgan fingerprint density at radius 2 is 1.45 bits per heavy atom. The molecule has 0 amide bonds. The van der Waals surface area contributed by atoms with Crippen molar-refractivity contribution in [3.8, 4) is 22.5 Å². The summed E-state index contributed by atoms with van der Waals surface area (Å²) in [6.07, 6.45) is 1.02. The summed E-state index contributed by atoms with van der Waals surface area (Å²) in [5.74, 6) is 0.0165. The zero-order valence-corrected chi connectivity index (χ0v) is 17.2. The predicted octanol–water partition coefficient (Wildman–Crippen LogP) is 6.09. The highest BCUT2D eigenvalue weighted by molar-refractivity contribution is 6.09. The number of fused-ring (bicyclic) bond motifs is 1. The molecule has 0 spiro atoms. The molecule has 0 atom stereocenters. The van der Waals surface area contributed by atoms with Crippen LogP contribution in [-0.2, 0) is 6.42 Å². The van der Waals surface area contributed by atoms with Crippen LogP contribution in [0.5, 0.6) is 0 Å². The zero-order chi connectivity index (χ0) is 21.2. The molecule has 31 heavy (non-hydrogen) atoms. The highest BCUT2D eigenvalue weighted by Gasteiger charge is 2.12. The molecule has 4 heteroatoms. The van der Waals surface area contributed by atoms with Crippen molar-refractivity contribution in [2.75, 3.05) is 0 Å². The fraction of sp³-hybridized carbons (Fsp3) is 0.0741. The van der Waals surface area contributed by atoms with Gasteiger partial charge in [0.25, 0.3) is 0 Å². The number of aryl methyl sites for hydroxylation is 1. The van der Waals surface area contributed by atoms with Crippen molar-refractivity contribution in [3.05, 3.63) is 108 Å². The third kappa shape index (κ3) is 3.64. The summed E-state index contributed by atoms with van der Waals surface area (Å²) in [4.78, 5) is 17.4. The second-order valence-electron chi connectivity index (χ2n) is 7.49. The molecule has 2 aromatic heterocycles. The van der Waals surface area contributed by atoms with Crippen molar-refractivity contribution in [2.24, 2.45) is 0 Å². The highest BCUT2D eigenvalue weighted by atomic mass is 16.1. The molecule has 2 heterocycles. The number of pyridine rings is 1. The second kappa shape index (κ2) is 8.00. The molecular formula is C27H21N3O. The summed E-state index contributed by atoms with van der Waals surface area (Å²) in [5.41, 5.74) is 7.16. The lowest BCUT2D eigenvalue weighted by molar-refractivity contribution is 0.103. The molecular weight excluding hydrogens is 382 g/mol. The Kier molecular flexibility index (Phi) is 4.89. The van der Waals surface area contributed by atoms with E-state index in [2.05, 4.69) is 41.4 Å². The Labute approximate surface area is 180 Å². The molecule has 0 aliphatic carbocycles. The molecule has 0 aliphatic rings. The molecule has 0 radical (unpaired) electrons. The number of nitrogens with one attached hydrogen (secondary N) is 1. The van der Waals surface area contributed by atoms with Crippen LogP contribution in [0.25, 0.3) is 33.5 Å². The number of benzene rings is 3. The van der Waals surface area contributed by atoms with Gasteiger partial charge in [-0.25, -0.2) is 4.98 Å². The number of aromatic amines is 1. The Morgan fingerprint density at radius 3 is 2.16 bits per heavy atom. The number of hydrogen-bond acceptors (Lipinski definition) is 3. The average Bonchev–Trinajstić information content (AvgIpc) is 3.27. The Morgan fingerprint density at radius 1 is 0.774 bits per heavy atom. The fourth-order valence-electron chi connectivity index (χ4n) is 3.73. The first-order chi connectivity index (χ1) is 15.2. The van der Waals surface area contributed by atoms with Crippen LogP contribution < -0.4 is 0 Å². The standard InChI is InChI=1S/C27H21N3O/c1-2-18-8-10-20(11-9-18)25-23-16-17-24(28-27(23)30-29-25)19-12-14-22(15-13-19)26(31)21-6-4-3-5-7-21/h3-17H,2H2,1H3,(H,28,29,30). The number of H-pyrrole nitrogens is 1. The van der Waals surface area contributed by atoms with Crippen LogP contribution in [0, 0.1) is 0 Å². The van der Waals surface area contributed by atoms with Gasteiger partial charge in [-0.3, -0.25) is 9.89 Å². The van der Waals surface area contributed by atoms with Gasteiger partial charge in [-0.2, -0.15) is 5.10 Å². The molecule has 0 saturated carbocycles. The Hall–Kier alpha value is -4.05. The molecule has 0 bridgehead atoms. The second-order valence-corrected chi connectivity index (χ2v) is 7.49. The fourth-order valence-corrected chi connectivity index (χ4v) is 3.73. The van der Waals surface area contributed by atoms with E-state index in [1.807, 2.05) is 66.7 Å². The van der Waals surface area contributed by atoms with E-state index in [0.717, 1.165) is 40.0 Å². The molecule has 150 valence electrons. The number of nitrogens with zero attached hydrogens (tertiary/aromatic N) is 2. The number of carbonyl (C=O) groups excluding carboxylic acids is 1. The minimum Gasteiger partial charge on any atom is -0.289 e. The van der Waals surface area contributed by atoms with Crippen LogP contribution in [-0.4, -0.2) is 21.0 Å². The zero-order valence-electron chi connectivity index (χ0n) is 17.2. The molecule has 5 aromatic rings. The van der Waals surface area contributed by atoms with E-state index in [4.69, 9.17) is 4.98 Å². The molecule has 0 fully saturated rings. The number of hydrogen-bond donors (Lipinski definition) is 1. The van der Waals surface area contributed by atoms with Gasteiger partial charge in [0.2, 0.25) is 0 Å². The first-order valence-corrected chi connectivity index (χ1v) is 10.4. The van der Waals surface area contributed by atoms with Crippen molar-refractivity contribution in [1.82, 2.24) is 15.2 Å². The Balaban J connectivity index is 1.43. The topological polar surface area (TPSA) is 58.6 Å². The number of ketones is 1. The number of rotatable bonds is 5. The van der Waals surface area contributed by atoms with E-state index >= 15 is 0 Å². The lowest BCUT2D eigenvalue weighted by Gasteiger charge is -2.05. The monoisotopic (exact) mass is 403 g/mol. The van der Waals surface area contributed by atoms with Crippen molar-refractivity contribution in [2.45, 2.75) is 13.3 Å². The molecule has 0 aliphatic heterocycles. The van der Waals surface area contributed by atoms with E-state index in [1.165, 1.54) is 5.56 Å². The lowest BCUT2D eigenvalue weighted by atomic mass is 10.0. The van der Waals surface area contributed by atoms with E-state index in [0.29, 0.717) is 11.1 Å². The SMILES string of the molecule is CCc1ccc(-c2n[nH]c3nc(-c4ccc(C(=O)c5ccccc5)cc4)ccc23)cc1. The first kappa shape index (κ1) is 18.9. The van der Waals surface area contributed by atoms with Crippen LogP contribution in [0.1, 0.15) is 28.4 Å². The molecule has 4 nitrogen and oxygen atoms in total. The van der Waals surface area contributed by atoms with Gasteiger partial charge < -0.3 is 0 Å². The van der Waals surface area contributed by atoms with E-state index in [1.54, 1.807) is 0 Å². The van der Waals surface area contributed by atoms with Gasteiger partial charge in [-0.15, -0.1) is 0 Å². The average molecular weight is 403 g/mol. The van der Waals surface area contributed by atoms with Crippen molar-refractivity contribution in [1.29, 1.82) is 0 Å². The van der Waals surface area contributed by atoms with Gasteiger partial charge >= 0.3 is 0 Å². The summed E-state index contributed by atoms with van der Waals surface area (Å²) >= 11 is 0. The molecule has 3 aromatic carbocycles. The third-order valence-electron chi connectivity index (χ3n) is 5.54. The van der Waals surface area contributed by atoms with Crippen LogP contribution in [0.4, 0.5) is 0 Å². The van der Waals surface area contributed by atoms with Gasteiger partial charge in [0.1, 0.15) is 5.69 Å². The van der Waals surface area contributed by atoms with Gasteiger partial charge in [0, 0.05) is 27.6 Å². The van der Waals surface area contributed by atoms with E-state index in [-0.39, 0.29) is 5.78 Å². The van der Waals surface area contributed by atoms with Crippen molar-refractivity contribution in [3.63, 3.8) is 0 Å². The maximum absolute atomic E-state index is 12.6. The maximum atomic E-state index is 12.6. The van der Waals surface area contributed by atoms with Crippen LogP contribution in [0.3, 0.4) is 0 Å². The summed E-state index contributed by atoms with van der Waals surface area (Å²) in [5, 5.41) is 8.55. The first-order valence-electron chi connectivity index (χ1n) is 10.4. The van der Waals surface area contributed by atoms with E-state index in [9.17, 15) is 4.79 Å². The molecule has 5 rings (SSSR count). The summed E-state index contributed by atoms with van der Waals surface area (Å²) in [6.45, 7) is 2.15. The van der Waals surface area contributed by atoms with Crippen LogP contribution in [0.2, 0.25) is 0 Å². The van der Waals surface area contributed by atoms with Gasteiger partial charge in [-0.1, -0.05) is 85.8 Å². The van der Waals surface area contributed by atoms with Crippen molar-refractivity contribution < 1.29 is 4.79 Å². The largest absolute Gasteiger partial charge is 0.289 e. The number of carbonyl (C=O) groups is 1. The predicted molar refractivity (Wildman–Crippen MR) is 124 cm³/mol. The summed E-state index contributed by atoms with van der Waals surface area (Å²) in [6, 6.07) is 29.4. The number of aromatic nitrogens is 3. The third-order valence-corrected chi connectivity index (χ3v) is 5.54. The van der Waals surface area contributed by atoms with Gasteiger partial charge in [0.05, 0.1) is 5.69 Å². The maximum Gasteiger partial charge on any atom is 0.193 e.